The van der Waals surface area contributed by atoms with Gasteiger partial charge in [-0.2, -0.15) is 13.2 Å². The number of carbonyl (C=O) groups is 1. The lowest BCUT2D eigenvalue weighted by molar-refractivity contribution is -0.157. The fraction of sp³-hybridized carbons (Fsp3) is 0.500. The van der Waals surface area contributed by atoms with E-state index in [-0.39, 0.29) is 6.04 Å². The zero-order valence-corrected chi connectivity index (χ0v) is 16.1. The molecular formula is C16H21Cl2F3N4O. The number of nitrogens with one attached hydrogen (secondary N) is 2. The Kier molecular flexibility index (Phi) is 8.49. The molecule has 146 valence electrons. The van der Waals surface area contributed by atoms with Crippen molar-refractivity contribution >= 4 is 35.1 Å². The lowest BCUT2D eigenvalue weighted by atomic mass is 10.1. The zero-order valence-electron chi connectivity index (χ0n) is 14.6. The van der Waals surface area contributed by atoms with E-state index in [4.69, 9.17) is 23.2 Å². The third kappa shape index (κ3) is 7.70. The highest BCUT2D eigenvalue weighted by Crippen LogP contribution is 2.25. The van der Waals surface area contributed by atoms with Crippen LogP contribution in [0.3, 0.4) is 0 Å². The minimum Gasteiger partial charge on any atom is -0.357 e. The van der Waals surface area contributed by atoms with Crippen LogP contribution in [0.4, 0.5) is 13.2 Å². The molecule has 0 saturated carbocycles. The number of hydrogen-bond acceptors (Lipinski definition) is 2. The summed E-state index contributed by atoms with van der Waals surface area (Å²) >= 11 is 11.9. The molecule has 0 fully saturated rings. The number of nitrogens with zero attached hydrogens (tertiary/aromatic N) is 2. The monoisotopic (exact) mass is 412 g/mol. The van der Waals surface area contributed by atoms with Gasteiger partial charge in [-0.15, -0.1) is 0 Å². The Balaban J connectivity index is 2.76. The van der Waals surface area contributed by atoms with E-state index in [1.807, 2.05) is 13.8 Å². The van der Waals surface area contributed by atoms with Gasteiger partial charge in [0.15, 0.2) is 5.96 Å². The molecule has 1 aromatic carbocycles. The smallest absolute Gasteiger partial charge is 0.357 e. The molecule has 0 aliphatic rings. The summed E-state index contributed by atoms with van der Waals surface area (Å²) in [6.07, 6.45) is -4.45. The van der Waals surface area contributed by atoms with E-state index in [1.165, 1.54) is 0 Å². The zero-order chi connectivity index (χ0) is 19.9. The molecular weight excluding hydrogens is 392 g/mol. The summed E-state index contributed by atoms with van der Waals surface area (Å²) in [5.41, 5.74) is 0.838. The second-order valence-electron chi connectivity index (χ2n) is 5.60. The van der Waals surface area contributed by atoms with Crippen LogP contribution in [0.1, 0.15) is 25.5 Å². The predicted octanol–water partition coefficient (Wildman–Crippen LogP) is 3.63. The predicted molar refractivity (Wildman–Crippen MR) is 97.7 cm³/mol. The molecule has 1 amide bonds. The summed E-state index contributed by atoms with van der Waals surface area (Å²) in [6.45, 7) is 2.48. The Morgan fingerprint density at radius 2 is 1.96 bits per heavy atom. The van der Waals surface area contributed by atoms with E-state index < -0.39 is 25.2 Å². The van der Waals surface area contributed by atoms with Gasteiger partial charge >= 0.3 is 6.18 Å². The standard InChI is InChI=1S/C16H21Cl2F3N4O/c1-4-22-15(23-8-14(26)25(3)9-16(19,20)21)24-10(2)11-5-6-12(17)13(18)7-11/h5-7,10H,4,8-9H2,1-3H3,(H2,22,23,24). The fourth-order valence-electron chi connectivity index (χ4n) is 2.01. The highest BCUT2D eigenvalue weighted by molar-refractivity contribution is 6.42. The second-order valence-corrected chi connectivity index (χ2v) is 6.41. The topological polar surface area (TPSA) is 56.7 Å². The van der Waals surface area contributed by atoms with Gasteiger partial charge < -0.3 is 15.5 Å². The van der Waals surface area contributed by atoms with Crippen LogP contribution in [0.15, 0.2) is 23.2 Å². The van der Waals surface area contributed by atoms with Crippen molar-refractivity contribution in [2.45, 2.75) is 26.1 Å². The second kappa shape index (κ2) is 9.87. The third-order valence-corrected chi connectivity index (χ3v) is 4.09. The number of rotatable bonds is 6. The fourth-order valence-corrected chi connectivity index (χ4v) is 2.32. The summed E-state index contributed by atoms with van der Waals surface area (Å²) in [5, 5.41) is 6.84. The largest absolute Gasteiger partial charge is 0.406 e. The molecule has 0 saturated heterocycles. The maximum atomic E-state index is 12.3. The first kappa shape index (κ1) is 22.4. The van der Waals surface area contributed by atoms with Gasteiger partial charge in [0.25, 0.3) is 0 Å². The van der Waals surface area contributed by atoms with Crippen molar-refractivity contribution < 1.29 is 18.0 Å². The molecule has 0 spiro atoms. The first-order chi connectivity index (χ1) is 12.0. The molecule has 0 heterocycles. The molecule has 1 aromatic rings. The van der Waals surface area contributed by atoms with Crippen LogP contribution < -0.4 is 10.6 Å². The van der Waals surface area contributed by atoms with Crippen LogP contribution >= 0.6 is 23.2 Å². The van der Waals surface area contributed by atoms with Gasteiger partial charge in [0.1, 0.15) is 13.1 Å². The van der Waals surface area contributed by atoms with Crippen LogP contribution in [-0.2, 0) is 4.79 Å². The number of benzene rings is 1. The molecule has 0 bridgehead atoms. The SMILES string of the molecule is CCNC(=NCC(=O)N(C)CC(F)(F)F)NC(C)c1ccc(Cl)c(Cl)c1. The van der Waals surface area contributed by atoms with Crippen LogP contribution in [0.2, 0.25) is 10.0 Å². The first-order valence-corrected chi connectivity index (χ1v) is 8.59. The van der Waals surface area contributed by atoms with Gasteiger partial charge in [-0.05, 0) is 31.5 Å². The quantitative estimate of drug-likeness (QED) is 0.553. The number of likely N-dealkylation sites (N-methyl/N-ethyl adjacent to an activating group) is 1. The molecule has 0 aliphatic heterocycles. The normalized spacial score (nSPS) is 13.3. The van der Waals surface area contributed by atoms with Crippen molar-refractivity contribution in [3.05, 3.63) is 33.8 Å². The summed E-state index contributed by atoms with van der Waals surface area (Å²) < 4.78 is 37.0. The van der Waals surface area contributed by atoms with Crippen molar-refractivity contribution in [1.29, 1.82) is 0 Å². The van der Waals surface area contributed by atoms with Gasteiger partial charge in [-0.1, -0.05) is 29.3 Å². The van der Waals surface area contributed by atoms with E-state index in [0.717, 1.165) is 12.6 Å². The minimum atomic E-state index is -4.45. The van der Waals surface area contributed by atoms with Crippen molar-refractivity contribution in [2.24, 2.45) is 4.99 Å². The molecule has 1 rings (SSSR count). The summed E-state index contributed by atoms with van der Waals surface area (Å²) in [5.74, 6) is -0.429. The van der Waals surface area contributed by atoms with Gasteiger partial charge in [0.05, 0.1) is 16.1 Å². The van der Waals surface area contributed by atoms with Crippen molar-refractivity contribution in [3.8, 4) is 0 Å². The van der Waals surface area contributed by atoms with E-state index in [1.54, 1.807) is 18.2 Å². The number of guanidine groups is 1. The first-order valence-electron chi connectivity index (χ1n) is 7.84. The number of halogens is 5. The highest BCUT2D eigenvalue weighted by Gasteiger charge is 2.31. The van der Waals surface area contributed by atoms with Gasteiger partial charge in [-0.3, -0.25) is 4.79 Å². The minimum absolute atomic E-state index is 0.217. The Morgan fingerprint density at radius 3 is 2.50 bits per heavy atom. The molecule has 26 heavy (non-hydrogen) atoms. The van der Waals surface area contributed by atoms with Crippen molar-refractivity contribution in [3.63, 3.8) is 0 Å². The number of hydrogen-bond donors (Lipinski definition) is 2. The van der Waals surface area contributed by atoms with Crippen molar-refractivity contribution in [1.82, 2.24) is 15.5 Å². The highest BCUT2D eigenvalue weighted by atomic mass is 35.5. The van der Waals surface area contributed by atoms with Gasteiger partial charge in [0, 0.05) is 13.6 Å². The lowest BCUT2D eigenvalue weighted by Crippen LogP contribution is -2.41. The van der Waals surface area contributed by atoms with Gasteiger partial charge in [0.2, 0.25) is 5.91 Å². The summed E-state index contributed by atoms with van der Waals surface area (Å²) in [6, 6.07) is 4.94. The average molecular weight is 413 g/mol. The Morgan fingerprint density at radius 1 is 1.31 bits per heavy atom. The van der Waals surface area contributed by atoms with Crippen LogP contribution in [0, 0.1) is 0 Å². The summed E-state index contributed by atoms with van der Waals surface area (Å²) in [7, 11) is 1.09. The Bertz CT molecular complexity index is 653. The van der Waals surface area contributed by atoms with Crippen LogP contribution in [-0.4, -0.2) is 49.6 Å². The molecule has 0 aromatic heterocycles. The number of amides is 1. The summed E-state index contributed by atoms with van der Waals surface area (Å²) in [4.78, 5) is 16.4. The molecule has 1 atom stereocenters. The number of alkyl halides is 3. The molecule has 2 N–H and O–H groups in total. The number of carbonyl (C=O) groups excluding carboxylic acids is 1. The van der Waals surface area contributed by atoms with Crippen molar-refractivity contribution in [2.75, 3.05) is 26.7 Å². The molecule has 5 nitrogen and oxygen atoms in total. The maximum Gasteiger partial charge on any atom is 0.406 e. The van der Waals surface area contributed by atoms with Crippen LogP contribution in [0.5, 0.6) is 0 Å². The average Bonchev–Trinajstić information content (AvgIpc) is 2.53. The molecule has 0 aliphatic carbocycles. The third-order valence-electron chi connectivity index (χ3n) is 3.36. The van der Waals surface area contributed by atoms with E-state index in [2.05, 4.69) is 15.6 Å². The van der Waals surface area contributed by atoms with Gasteiger partial charge in [-0.25, -0.2) is 4.99 Å². The maximum absolute atomic E-state index is 12.3. The van der Waals surface area contributed by atoms with E-state index in [0.29, 0.717) is 27.4 Å². The molecule has 0 radical (unpaired) electrons. The van der Waals surface area contributed by atoms with Crippen LogP contribution in [0.25, 0.3) is 0 Å². The van der Waals surface area contributed by atoms with E-state index >= 15 is 0 Å². The Hall–Kier alpha value is -1.67. The molecule has 1 unspecified atom stereocenters. The lowest BCUT2D eigenvalue weighted by Gasteiger charge is -2.20. The number of aliphatic imine (C=N–C) groups is 1. The Labute approximate surface area is 160 Å². The molecule has 10 heteroatoms. The van der Waals surface area contributed by atoms with E-state index in [9.17, 15) is 18.0 Å².